The summed E-state index contributed by atoms with van der Waals surface area (Å²) in [6.07, 6.45) is -1.11. The summed E-state index contributed by atoms with van der Waals surface area (Å²) in [5.74, 6) is -1.76. The average molecular weight is 351 g/mol. The van der Waals surface area contributed by atoms with Crippen LogP contribution in [0.2, 0.25) is 5.02 Å². The van der Waals surface area contributed by atoms with Gasteiger partial charge in [-0.3, -0.25) is 4.79 Å². The molecule has 6 nitrogen and oxygen atoms in total. The number of esters is 1. The van der Waals surface area contributed by atoms with Crippen molar-refractivity contribution in [2.24, 2.45) is 0 Å². The molecule has 0 aliphatic rings. The second kappa shape index (κ2) is 7.13. The molecule has 1 aromatic carbocycles. The highest BCUT2D eigenvalue weighted by Gasteiger charge is 2.22. The number of rotatable bonds is 4. The lowest BCUT2D eigenvalue weighted by Crippen LogP contribution is -2.29. The summed E-state index contributed by atoms with van der Waals surface area (Å²) in [6.45, 7) is 1.39. The number of hydrogen-bond donors (Lipinski definition) is 2. The monoisotopic (exact) mass is 350 g/mol. The van der Waals surface area contributed by atoms with Crippen LogP contribution in [0.4, 0.5) is 5.00 Å². The van der Waals surface area contributed by atoms with Gasteiger partial charge < -0.3 is 15.2 Å². The number of thiophene rings is 1. The van der Waals surface area contributed by atoms with E-state index in [1.165, 1.54) is 36.5 Å². The molecule has 0 unspecified atom stereocenters. The molecule has 0 aliphatic carbocycles. The number of hydrogen-bond acceptors (Lipinski definition) is 6. The Kier molecular flexibility index (Phi) is 5.21. The molecule has 2 rings (SSSR count). The number of nitrogens with zero attached hydrogens (tertiary/aromatic N) is 1. The Hall–Kier alpha value is -2.56. The Bertz CT molecular complexity index is 797. The van der Waals surface area contributed by atoms with Crippen LogP contribution in [-0.2, 0) is 9.53 Å². The van der Waals surface area contributed by atoms with Gasteiger partial charge in [0.2, 0.25) is 0 Å². The molecule has 0 aliphatic heterocycles. The van der Waals surface area contributed by atoms with E-state index in [1.54, 1.807) is 11.4 Å². The van der Waals surface area contributed by atoms with Crippen molar-refractivity contribution in [3.63, 3.8) is 0 Å². The molecule has 8 heteroatoms. The highest BCUT2D eigenvalue weighted by Crippen LogP contribution is 2.24. The molecule has 0 saturated carbocycles. The van der Waals surface area contributed by atoms with Crippen LogP contribution in [0.3, 0.4) is 0 Å². The number of ether oxygens (including phenoxy) is 1. The van der Waals surface area contributed by atoms with E-state index < -0.39 is 18.0 Å². The zero-order chi connectivity index (χ0) is 17.0. The first-order valence-electron chi connectivity index (χ1n) is 6.40. The van der Waals surface area contributed by atoms with Crippen LogP contribution in [0.5, 0.6) is 5.75 Å². The van der Waals surface area contributed by atoms with Crippen molar-refractivity contribution in [2.75, 3.05) is 5.32 Å². The predicted octanol–water partition coefficient (Wildman–Crippen LogP) is 3.16. The Morgan fingerprint density at radius 3 is 2.83 bits per heavy atom. The van der Waals surface area contributed by atoms with Crippen LogP contribution in [0.15, 0.2) is 29.6 Å². The molecule has 0 saturated heterocycles. The van der Waals surface area contributed by atoms with Gasteiger partial charge in [0, 0.05) is 5.02 Å². The number of carbonyl (C=O) groups excluding carboxylic acids is 2. The summed E-state index contributed by atoms with van der Waals surface area (Å²) in [4.78, 5) is 24.0. The number of aromatic hydroxyl groups is 1. The summed E-state index contributed by atoms with van der Waals surface area (Å²) in [7, 11) is 0. The van der Waals surface area contributed by atoms with E-state index in [9.17, 15) is 14.7 Å². The minimum atomic E-state index is -1.11. The molecular formula is C15H11ClN2O4S. The van der Waals surface area contributed by atoms with Crippen molar-refractivity contribution < 1.29 is 19.4 Å². The van der Waals surface area contributed by atoms with Crippen molar-refractivity contribution in [1.82, 2.24) is 0 Å². The third-order valence-electron chi connectivity index (χ3n) is 2.86. The normalized spacial score (nSPS) is 11.3. The van der Waals surface area contributed by atoms with Crippen LogP contribution in [0, 0.1) is 11.3 Å². The minimum absolute atomic E-state index is 0.0945. The van der Waals surface area contributed by atoms with E-state index in [4.69, 9.17) is 21.6 Å². The Morgan fingerprint density at radius 2 is 2.17 bits per heavy atom. The lowest BCUT2D eigenvalue weighted by molar-refractivity contribution is -0.123. The van der Waals surface area contributed by atoms with Gasteiger partial charge in [-0.1, -0.05) is 11.6 Å². The fourth-order valence-corrected chi connectivity index (χ4v) is 2.57. The predicted molar refractivity (Wildman–Crippen MR) is 85.7 cm³/mol. The summed E-state index contributed by atoms with van der Waals surface area (Å²) in [6, 6.07) is 7.44. The van der Waals surface area contributed by atoms with Crippen molar-refractivity contribution >= 4 is 39.8 Å². The zero-order valence-electron chi connectivity index (χ0n) is 11.9. The van der Waals surface area contributed by atoms with Crippen molar-refractivity contribution in [3.05, 3.63) is 45.8 Å². The minimum Gasteiger partial charge on any atom is -0.507 e. The highest BCUT2D eigenvalue weighted by atomic mass is 35.5. The van der Waals surface area contributed by atoms with E-state index in [1.807, 2.05) is 6.07 Å². The molecule has 118 valence electrons. The van der Waals surface area contributed by atoms with Crippen LogP contribution < -0.4 is 5.32 Å². The van der Waals surface area contributed by atoms with E-state index >= 15 is 0 Å². The number of carbonyl (C=O) groups is 2. The molecular weight excluding hydrogens is 340 g/mol. The third kappa shape index (κ3) is 4.00. The van der Waals surface area contributed by atoms with E-state index in [0.717, 1.165) is 0 Å². The first-order chi connectivity index (χ1) is 10.9. The highest BCUT2D eigenvalue weighted by molar-refractivity contribution is 7.14. The number of nitrogens with one attached hydrogen (secondary N) is 1. The fourth-order valence-electron chi connectivity index (χ4n) is 1.66. The molecule has 0 radical (unpaired) electrons. The van der Waals surface area contributed by atoms with Crippen LogP contribution in [-0.4, -0.2) is 23.1 Å². The summed E-state index contributed by atoms with van der Waals surface area (Å²) < 4.78 is 5.01. The fraction of sp³-hybridized carbons (Fsp3) is 0.133. The van der Waals surface area contributed by atoms with Crippen LogP contribution in [0.1, 0.15) is 22.8 Å². The number of phenols is 1. The summed E-state index contributed by atoms with van der Waals surface area (Å²) >= 11 is 6.87. The van der Waals surface area contributed by atoms with Gasteiger partial charge in [-0.25, -0.2) is 4.79 Å². The Morgan fingerprint density at radius 1 is 1.43 bits per heavy atom. The first-order valence-corrected chi connectivity index (χ1v) is 7.66. The summed E-state index contributed by atoms with van der Waals surface area (Å²) in [5.41, 5.74) is 0.236. The maximum Gasteiger partial charge on any atom is 0.342 e. The van der Waals surface area contributed by atoms with Gasteiger partial charge in [-0.15, -0.1) is 11.3 Å². The Balaban J connectivity index is 2.03. The van der Waals surface area contributed by atoms with Gasteiger partial charge >= 0.3 is 5.97 Å². The molecule has 23 heavy (non-hydrogen) atoms. The van der Waals surface area contributed by atoms with Crippen molar-refractivity contribution in [3.8, 4) is 11.8 Å². The molecule has 1 amide bonds. The molecule has 0 bridgehead atoms. The number of anilines is 1. The average Bonchev–Trinajstić information content (AvgIpc) is 2.94. The molecule has 0 spiro atoms. The third-order valence-corrected chi connectivity index (χ3v) is 3.92. The maximum atomic E-state index is 12.0. The second-order valence-electron chi connectivity index (χ2n) is 4.47. The van der Waals surface area contributed by atoms with E-state index in [-0.39, 0.29) is 16.3 Å². The molecule has 2 N–H and O–H groups in total. The van der Waals surface area contributed by atoms with Crippen LogP contribution >= 0.6 is 22.9 Å². The number of phenolic OH excluding ortho intramolecular Hbond substituents is 1. The summed E-state index contributed by atoms with van der Waals surface area (Å²) in [5, 5.41) is 23.4. The molecule has 2 aromatic rings. The van der Waals surface area contributed by atoms with E-state index in [2.05, 4.69) is 5.32 Å². The van der Waals surface area contributed by atoms with Gasteiger partial charge in [-0.2, -0.15) is 5.26 Å². The number of nitriles is 1. The molecule has 1 atom stereocenters. The lowest BCUT2D eigenvalue weighted by atomic mass is 10.2. The van der Waals surface area contributed by atoms with Crippen molar-refractivity contribution in [2.45, 2.75) is 13.0 Å². The molecule has 0 fully saturated rings. The SMILES string of the molecule is C[C@H](OC(=O)c1ccc(Cl)cc1O)C(=O)Nc1sccc1C#N. The molecule has 1 heterocycles. The Labute approximate surface area is 140 Å². The van der Waals surface area contributed by atoms with Crippen LogP contribution in [0.25, 0.3) is 0 Å². The lowest BCUT2D eigenvalue weighted by Gasteiger charge is -2.13. The van der Waals surface area contributed by atoms with Gasteiger partial charge in [0.05, 0.1) is 5.56 Å². The second-order valence-corrected chi connectivity index (χ2v) is 5.83. The van der Waals surface area contributed by atoms with Gasteiger partial charge in [-0.05, 0) is 36.6 Å². The number of benzene rings is 1. The van der Waals surface area contributed by atoms with Gasteiger partial charge in [0.1, 0.15) is 22.4 Å². The molecule has 1 aromatic heterocycles. The topological polar surface area (TPSA) is 99.4 Å². The first kappa shape index (κ1) is 16.8. The van der Waals surface area contributed by atoms with E-state index in [0.29, 0.717) is 10.6 Å². The maximum absolute atomic E-state index is 12.0. The van der Waals surface area contributed by atoms with Crippen molar-refractivity contribution in [1.29, 1.82) is 5.26 Å². The number of halogens is 1. The zero-order valence-corrected chi connectivity index (χ0v) is 13.4. The standard InChI is InChI=1S/C15H11ClN2O4S/c1-8(13(20)18-14-9(7-17)4-5-23-14)22-15(21)11-3-2-10(16)6-12(11)19/h2-6,8,19H,1H3,(H,18,20)/t8-/m0/s1. The quantitative estimate of drug-likeness (QED) is 0.825. The van der Waals surface area contributed by atoms with Gasteiger partial charge in [0.25, 0.3) is 5.91 Å². The van der Waals surface area contributed by atoms with Gasteiger partial charge in [0.15, 0.2) is 6.10 Å². The smallest absolute Gasteiger partial charge is 0.342 e. The largest absolute Gasteiger partial charge is 0.507 e. The number of amides is 1.